The topological polar surface area (TPSA) is 113 Å². The third-order valence-corrected chi connectivity index (χ3v) is 3.02. The van der Waals surface area contributed by atoms with E-state index in [1.54, 1.807) is 0 Å². The molecule has 1 saturated heterocycles. The molecule has 0 aliphatic carbocycles. The molecule has 1 aliphatic rings. The second-order valence-electron chi connectivity index (χ2n) is 4.47. The number of carbonyl (C=O) groups is 1. The molecule has 0 aromatic heterocycles. The fraction of sp³-hybridized carbons (Fsp3) is 0.417. The molecule has 1 amide bonds. The van der Waals surface area contributed by atoms with Gasteiger partial charge < -0.3 is 19.8 Å². The van der Waals surface area contributed by atoms with Gasteiger partial charge >= 0.3 is 0 Å². The van der Waals surface area contributed by atoms with Crippen molar-refractivity contribution in [1.29, 1.82) is 0 Å². The maximum absolute atomic E-state index is 11.8. The van der Waals surface area contributed by atoms with Crippen LogP contribution >= 0.6 is 0 Å². The molecule has 8 nitrogen and oxygen atoms in total. The van der Waals surface area contributed by atoms with E-state index in [0.29, 0.717) is 5.75 Å². The number of nitrogens with zero attached hydrogens (tertiary/aromatic N) is 2. The van der Waals surface area contributed by atoms with Crippen LogP contribution in [0, 0.1) is 10.1 Å². The normalized spacial score (nSPS) is 21.8. The molecule has 1 aliphatic heterocycles. The van der Waals surface area contributed by atoms with Gasteiger partial charge in [0.15, 0.2) is 6.61 Å². The van der Waals surface area contributed by atoms with E-state index in [1.165, 1.54) is 29.2 Å². The number of carbonyl (C=O) groups excluding carboxylic acids is 1. The van der Waals surface area contributed by atoms with Crippen molar-refractivity contribution in [2.45, 2.75) is 12.2 Å². The maximum atomic E-state index is 11.8. The zero-order valence-corrected chi connectivity index (χ0v) is 10.5. The van der Waals surface area contributed by atoms with Crippen molar-refractivity contribution in [3.05, 3.63) is 34.4 Å². The van der Waals surface area contributed by atoms with E-state index in [9.17, 15) is 25.1 Å². The molecule has 1 heterocycles. The molecule has 0 spiro atoms. The highest BCUT2D eigenvalue weighted by atomic mass is 16.6. The van der Waals surface area contributed by atoms with Crippen molar-refractivity contribution >= 4 is 11.6 Å². The van der Waals surface area contributed by atoms with Crippen molar-refractivity contribution in [2.24, 2.45) is 0 Å². The lowest BCUT2D eigenvalue weighted by Gasteiger charge is -2.15. The minimum atomic E-state index is -0.932. The Kier molecular flexibility index (Phi) is 4.16. The fourth-order valence-electron chi connectivity index (χ4n) is 1.87. The summed E-state index contributed by atoms with van der Waals surface area (Å²) in [5, 5.41) is 29.1. The van der Waals surface area contributed by atoms with Crippen LogP contribution in [-0.2, 0) is 4.79 Å². The van der Waals surface area contributed by atoms with Gasteiger partial charge in [-0.3, -0.25) is 14.9 Å². The van der Waals surface area contributed by atoms with Crippen LogP contribution in [0.4, 0.5) is 5.69 Å². The van der Waals surface area contributed by atoms with Gasteiger partial charge in [-0.2, -0.15) is 0 Å². The second kappa shape index (κ2) is 5.85. The van der Waals surface area contributed by atoms with Crippen LogP contribution in [0.1, 0.15) is 0 Å². The number of likely N-dealkylation sites (tertiary alicyclic amines) is 1. The minimum Gasteiger partial charge on any atom is -0.484 e. The Balaban J connectivity index is 1.86. The molecule has 1 fully saturated rings. The van der Waals surface area contributed by atoms with E-state index in [2.05, 4.69) is 0 Å². The summed E-state index contributed by atoms with van der Waals surface area (Å²) in [7, 11) is 0. The number of nitro benzene ring substituents is 1. The molecule has 1 aromatic carbocycles. The van der Waals surface area contributed by atoms with Crippen LogP contribution in [0.15, 0.2) is 24.3 Å². The molecule has 8 heteroatoms. The van der Waals surface area contributed by atoms with Gasteiger partial charge in [0.25, 0.3) is 11.6 Å². The summed E-state index contributed by atoms with van der Waals surface area (Å²) in [5.41, 5.74) is -0.0607. The predicted molar refractivity (Wildman–Crippen MR) is 67.2 cm³/mol. The summed E-state index contributed by atoms with van der Waals surface area (Å²) in [6.45, 7) is -0.107. The first kappa shape index (κ1) is 14.2. The largest absolute Gasteiger partial charge is 0.484 e. The monoisotopic (exact) mass is 282 g/mol. The molecule has 1 aromatic rings. The van der Waals surface area contributed by atoms with E-state index in [-0.39, 0.29) is 31.3 Å². The van der Waals surface area contributed by atoms with Crippen LogP contribution in [0.25, 0.3) is 0 Å². The Bertz CT molecular complexity index is 493. The van der Waals surface area contributed by atoms with Gasteiger partial charge in [-0.15, -0.1) is 0 Å². The number of hydrogen-bond acceptors (Lipinski definition) is 6. The smallest absolute Gasteiger partial charge is 0.269 e. The molecule has 0 bridgehead atoms. The van der Waals surface area contributed by atoms with E-state index in [1.807, 2.05) is 0 Å². The number of aliphatic hydroxyl groups excluding tert-OH is 2. The number of non-ortho nitro benzene ring substituents is 1. The standard InChI is InChI=1S/C12H14N2O6/c15-10-5-13(6-11(10)16)12(17)7-20-9-3-1-8(2-4-9)14(18)19/h1-4,10-11,15-16H,5-7H2/t10-,11+. The summed E-state index contributed by atoms with van der Waals surface area (Å²) >= 11 is 0. The van der Waals surface area contributed by atoms with Gasteiger partial charge in [0, 0.05) is 25.2 Å². The molecule has 0 saturated carbocycles. The SMILES string of the molecule is O=C(COc1ccc([N+](=O)[O-])cc1)N1C[C@@H](O)[C@@H](O)C1. The molecule has 108 valence electrons. The summed E-state index contributed by atoms with van der Waals surface area (Å²) in [4.78, 5) is 23.0. The molecular formula is C12H14N2O6. The fourth-order valence-corrected chi connectivity index (χ4v) is 1.87. The van der Waals surface area contributed by atoms with Crippen LogP contribution in [0.5, 0.6) is 5.75 Å². The van der Waals surface area contributed by atoms with Crippen molar-refractivity contribution in [1.82, 2.24) is 4.90 Å². The number of amides is 1. The second-order valence-corrected chi connectivity index (χ2v) is 4.47. The zero-order valence-electron chi connectivity index (χ0n) is 10.5. The number of benzene rings is 1. The number of rotatable bonds is 4. The summed E-state index contributed by atoms with van der Waals surface area (Å²) in [6, 6.07) is 5.37. The van der Waals surface area contributed by atoms with Crippen LogP contribution in [-0.4, -0.2) is 57.8 Å². The summed E-state index contributed by atoms with van der Waals surface area (Å²) < 4.78 is 5.21. The van der Waals surface area contributed by atoms with Gasteiger partial charge in [-0.05, 0) is 12.1 Å². The van der Waals surface area contributed by atoms with Crippen molar-refractivity contribution in [3.63, 3.8) is 0 Å². The van der Waals surface area contributed by atoms with E-state index >= 15 is 0 Å². The lowest BCUT2D eigenvalue weighted by atomic mass is 10.3. The predicted octanol–water partition coefficient (Wildman–Crippen LogP) is -0.462. The van der Waals surface area contributed by atoms with Gasteiger partial charge in [-0.25, -0.2) is 0 Å². The highest BCUT2D eigenvalue weighted by Gasteiger charge is 2.32. The molecule has 0 unspecified atom stereocenters. The molecule has 0 radical (unpaired) electrons. The third-order valence-electron chi connectivity index (χ3n) is 3.02. The highest BCUT2D eigenvalue weighted by molar-refractivity contribution is 5.78. The molecule has 20 heavy (non-hydrogen) atoms. The Morgan fingerprint density at radius 3 is 2.35 bits per heavy atom. The van der Waals surface area contributed by atoms with Crippen LogP contribution in [0.2, 0.25) is 0 Å². The first-order valence-corrected chi connectivity index (χ1v) is 5.98. The van der Waals surface area contributed by atoms with E-state index in [0.717, 1.165) is 0 Å². The number of hydrogen-bond donors (Lipinski definition) is 2. The van der Waals surface area contributed by atoms with Crippen molar-refractivity contribution in [2.75, 3.05) is 19.7 Å². The van der Waals surface area contributed by atoms with Gasteiger partial charge in [0.1, 0.15) is 5.75 Å². The van der Waals surface area contributed by atoms with Crippen LogP contribution in [0.3, 0.4) is 0 Å². The van der Waals surface area contributed by atoms with Gasteiger partial charge in [0.2, 0.25) is 0 Å². The highest BCUT2D eigenvalue weighted by Crippen LogP contribution is 2.17. The number of nitro groups is 1. The van der Waals surface area contributed by atoms with Crippen molar-refractivity contribution in [3.8, 4) is 5.75 Å². The van der Waals surface area contributed by atoms with Gasteiger partial charge in [0.05, 0.1) is 17.1 Å². The Morgan fingerprint density at radius 1 is 1.30 bits per heavy atom. The minimum absolute atomic E-state index is 0.0607. The molecular weight excluding hydrogens is 268 g/mol. The Labute approximate surface area is 114 Å². The summed E-state index contributed by atoms with van der Waals surface area (Å²) in [5.74, 6) is -0.0248. The lowest BCUT2D eigenvalue weighted by Crippen LogP contribution is -2.33. The average Bonchev–Trinajstić information content (AvgIpc) is 2.76. The molecule has 2 N–H and O–H groups in total. The quantitative estimate of drug-likeness (QED) is 0.570. The average molecular weight is 282 g/mol. The number of aliphatic hydroxyl groups is 2. The van der Waals surface area contributed by atoms with Crippen molar-refractivity contribution < 1.29 is 24.7 Å². The van der Waals surface area contributed by atoms with Gasteiger partial charge in [-0.1, -0.05) is 0 Å². The molecule has 2 rings (SSSR count). The lowest BCUT2D eigenvalue weighted by molar-refractivity contribution is -0.384. The maximum Gasteiger partial charge on any atom is 0.269 e. The first-order valence-electron chi connectivity index (χ1n) is 5.98. The molecule has 2 atom stereocenters. The van der Waals surface area contributed by atoms with E-state index < -0.39 is 17.1 Å². The third kappa shape index (κ3) is 3.22. The Morgan fingerprint density at radius 2 is 1.85 bits per heavy atom. The Hall–Kier alpha value is -2.19. The number of β-amino-alcohol motifs (C(OH)–C–C–N with tert-alkyl or cyclic N) is 2. The van der Waals surface area contributed by atoms with Crippen LogP contribution < -0.4 is 4.74 Å². The zero-order chi connectivity index (χ0) is 14.7. The summed E-state index contributed by atoms with van der Waals surface area (Å²) in [6.07, 6.45) is -1.86. The van der Waals surface area contributed by atoms with E-state index in [4.69, 9.17) is 4.74 Å². The number of ether oxygens (including phenoxy) is 1. The first-order chi connectivity index (χ1) is 9.47.